The van der Waals surface area contributed by atoms with Gasteiger partial charge in [0.2, 0.25) is 0 Å². The Hall–Kier alpha value is -1.91. The zero-order chi connectivity index (χ0) is 22.8. The van der Waals surface area contributed by atoms with E-state index in [4.69, 9.17) is 11.6 Å². The maximum Gasteiger partial charge on any atom is 0.0592 e. The lowest BCUT2D eigenvalue weighted by Crippen LogP contribution is -2.49. The number of rotatable bonds is 7. The molecule has 1 saturated heterocycles. The van der Waals surface area contributed by atoms with Gasteiger partial charge in [-0.1, -0.05) is 37.6 Å². The van der Waals surface area contributed by atoms with E-state index in [0.29, 0.717) is 6.04 Å². The fraction of sp³-hybridized carbons (Fsp3) is 0.538. The number of pyridine rings is 1. The van der Waals surface area contributed by atoms with E-state index in [-0.39, 0.29) is 0 Å². The molecule has 1 N–H and O–H groups in total. The quantitative estimate of drug-likeness (QED) is 0.403. The summed E-state index contributed by atoms with van der Waals surface area (Å²) in [6.07, 6.45) is 12.3. The van der Waals surface area contributed by atoms with Crippen molar-refractivity contribution in [1.29, 1.82) is 0 Å². The number of piperazine rings is 1. The van der Waals surface area contributed by atoms with Gasteiger partial charge >= 0.3 is 0 Å². The molecule has 1 saturated carbocycles. The third-order valence-corrected chi connectivity index (χ3v) is 6.06. The number of aromatic nitrogens is 1. The van der Waals surface area contributed by atoms with Gasteiger partial charge in [0.1, 0.15) is 0 Å². The molecule has 2 aliphatic rings. The number of halogens is 1. The second kappa shape index (κ2) is 12.8. The summed E-state index contributed by atoms with van der Waals surface area (Å²) in [7, 11) is 0. The van der Waals surface area contributed by atoms with Crippen LogP contribution in [-0.2, 0) is 6.42 Å². The van der Waals surface area contributed by atoms with Crippen LogP contribution >= 0.6 is 11.6 Å². The third-order valence-electron chi connectivity index (χ3n) is 5.86. The molecular formula is C26H39ClN4. The minimum Gasteiger partial charge on any atom is -0.369 e. The van der Waals surface area contributed by atoms with Crippen LogP contribution < -0.4 is 5.32 Å². The molecule has 2 heterocycles. The van der Waals surface area contributed by atoms with Gasteiger partial charge in [0.15, 0.2) is 0 Å². The van der Waals surface area contributed by atoms with Crippen molar-refractivity contribution < 1.29 is 0 Å². The number of hydrogen-bond acceptors (Lipinski definition) is 4. The lowest BCUT2D eigenvalue weighted by Gasteiger charge is -2.38. The summed E-state index contributed by atoms with van der Waals surface area (Å²) >= 11 is 5.72. The van der Waals surface area contributed by atoms with Crippen LogP contribution in [0.1, 0.15) is 59.4 Å². The van der Waals surface area contributed by atoms with Gasteiger partial charge in [-0.25, -0.2) is 0 Å². The summed E-state index contributed by atoms with van der Waals surface area (Å²) in [6, 6.07) is 2.49. The summed E-state index contributed by atoms with van der Waals surface area (Å²) < 4.78 is 0. The minimum atomic E-state index is 0.530. The predicted molar refractivity (Wildman–Crippen MR) is 135 cm³/mol. The molecule has 170 valence electrons. The molecule has 2 fully saturated rings. The molecule has 0 bridgehead atoms. The topological polar surface area (TPSA) is 40.5 Å². The summed E-state index contributed by atoms with van der Waals surface area (Å²) in [5, 5.41) is 4.19. The molecule has 1 atom stereocenters. The monoisotopic (exact) mass is 442 g/mol. The first kappa shape index (κ1) is 25.4. The van der Waals surface area contributed by atoms with Crippen LogP contribution in [0, 0.1) is 5.92 Å². The highest BCUT2D eigenvalue weighted by Crippen LogP contribution is 2.41. The standard InChI is InChI=1S/C18H29N3.C8H10ClN/c1-6-17(16-8-9-16)18(14(4)20-7-2)15(5)21-11-10-19-12-13(21)3;1-2-3-7-4-8(9)6-10-5-7/h6-7,13,16,19H,2,8-12H2,1,3-5H3;4-6H,2-3H2,1H3/b17-6-,18-15-,20-14?;. The van der Waals surface area contributed by atoms with Crippen LogP contribution in [0.4, 0.5) is 0 Å². The molecule has 1 unspecified atom stereocenters. The number of allylic oxidation sites excluding steroid dienone is 4. The molecule has 1 aliphatic heterocycles. The van der Waals surface area contributed by atoms with Crippen LogP contribution in [0.5, 0.6) is 0 Å². The number of hydrogen-bond donors (Lipinski definition) is 1. The molecule has 0 amide bonds. The number of nitrogens with one attached hydrogen (secondary N) is 1. The zero-order valence-corrected chi connectivity index (χ0v) is 20.7. The average molecular weight is 443 g/mol. The SMILES string of the molecule is C=CN=C(C)C(/C(=C\C)C1CC1)=C(\C)N1CCNCC1C.CCCc1cncc(Cl)c1. The molecule has 31 heavy (non-hydrogen) atoms. The van der Waals surface area contributed by atoms with E-state index in [2.05, 4.69) is 67.5 Å². The van der Waals surface area contributed by atoms with Crippen LogP contribution in [0.15, 0.2) is 59.2 Å². The average Bonchev–Trinajstić information content (AvgIpc) is 3.58. The van der Waals surface area contributed by atoms with Crippen molar-refractivity contribution in [1.82, 2.24) is 15.2 Å². The molecule has 3 rings (SSSR count). The van der Waals surface area contributed by atoms with Gasteiger partial charge in [-0.3, -0.25) is 9.98 Å². The Morgan fingerprint density at radius 3 is 2.65 bits per heavy atom. The van der Waals surface area contributed by atoms with E-state index in [1.807, 2.05) is 12.3 Å². The van der Waals surface area contributed by atoms with Crippen LogP contribution in [0.2, 0.25) is 5.02 Å². The molecule has 0 spiro atoms. The molecule has 0 radical (unpaired) electrons. The summed E-state index contributed by atoms with van der Waals surface area (Å²) in [5.41, 5.74) is 6.49. The van der Waals surface area contributed by atoms with E-state index in [1.165, 1.54) is 35.2 Å². The first-order valence-electron chi connectivity index (χ1n) is 11.5. The molecule has 1 aromatic heterocycles. The van der Waals surface area contributed by atoms with Crippen molar-refractivity contribution in [2.24, 2.45) is 10.9 Å². The Morgan fingerprint density at radius 2 is 2.10 bits per heavy atom. The smallest absolute Gasteiger partial charge is 0.0592 e. The summed E-state index contributed by atoms with van der Waals surface area (Å²) in [4.78, 5) is 11.0. The van der Waals surface area contributed by atoms with Crippen molar-refractivity contribution in [2.45, 2.75) is 66.3 Å². The highest BCUT2D eigenvalue weighted by molar-refractivity contribution is 6.30. The molecule has 4 nitrogen and oxygen atoms in total. The fourth-order valence-corrected chi connectivity index (χ4v) is 4.42. The Balaban J connectivity index is 0.000000285. The number of nitrogens with zero attached hydrogens (tertiary/aromatic N) is 3. The van der Waals surface area contributed by atoms with Crippen molar-refractivity contribution in [3.63, 3.8) is 0 Å². The van der Waals surface area contributed by atoms with E-state index >= 15 is 0 Å². The third kappa shape index (κ3) is 7.62. The van der Waals surface area contributed by atoms with Gasteiger partial charge in [0.05, 0.1) is 5.02 Å². The lowest BCUT2D eigenvalue weighted by molar-refractivity contribution is 0.223. The normalized spacial score (nSPS) is 20.6. The maximum absolute atomic E-state index is 5.72. The van der Waals surface area contributed by atoms with Gasteiger partial charge in [0.25, 0.3) is 0 Å². The minimum absolute atomic E-state index is 0.530. The molecule has 0 aromatic carbocycles. The van der Waals surface area contributed by atoms with E-state index in [9.17, 15) is 0 Å². The zero-order valence-electron chi connectivity index (χ0n) is 19.9. The highest BCUT2D eigenvalue weighted by atomic mass is 35.5. The lowest BCUT2D eigenvalue weighted by atomic mass is 9.94. The second-order valence-corrected chi connectivity index (χ2v) is 8.82. The Labute approximate surface area is 194 Å². The fourth-order valence-electron chi connectivity index (χ4n) is 4.22. The van der Waals surface area contributed by atoms with Gasteiger partial charge in [0, 0.05) is 61.3 Å². The molecule has 5 heteroatoms. The van der Waals surface area contributed by atoms with Crippen molar-refractivity contribution >= 4 is 17.3 Å². The molecule has 1 aromatic rings. The predicted octanol–water partition coefficient (Wildman–Crippen LogP) is 6.20. The highest BCUT2D eigenvalue weighted by Gasteiger charge is 2.31. The second-order valence-electron chi connectivity index (χ2n) is 8.38. The van der Waals surface area contributed by atoms with E-state index in [0.717, 1.165) is 49.1 Å². The molecule has 1 aliphatic carbocycles. The van der Waals surface area contributed by atoms with E-state index < -0.39 is 0 Å². The Morgan fingerprint density at radius 1 is 1.35 bits per heavy atom. The largest absolute Gasteiger partial charge is 0.369 e. The Kier molecular flexibility index (Phi) is 10.5. The number of aliphatic imine (C=N–C) groups is 1. The van der Waals surface area contributed by atoms with Crippen molar-refractivity contribution in [2.75, 3.05) is 19.6 Å². The first-order chi connectivity index (χ1) is 14.9. The van der Waals surface area contributed by atoms with Crippen LogP contribution in [-0.4, -0.2) is 41.3 Å². The van der Waals surface area contributed by atoms with E-state index in [1.54, 1.807) is 12.4 Å². The summed E-state index contributed by atoms with van der Waals surface area (Å²) in [5.74, 6) is 0.730. The number of aryl methyl sites for hydroxylation is 1. The van der Waals surface area contributed by atoms with Gasteiger partial charge in [-0.2, -0.15) is 0 Å². The van der Waals surface area contributed by atoms with Gasteiger partial charge in [-0.15, -0.1) is 0 Å². The first-order valence-corrected chi connectivity index (χ1v) is 11.9. The van der Waals surface area contributed by atoms with Crippen molar-refractivity contribution in [3.05, 3.63) is 64.7 Å². The summed E-state index contributed by atoms with van der Waals surface area (Å²) in [6.45, 7) is 17.9. The van der Waals surface area contributed by atoms with Gasteiger partial charge in [-0.05, 0) is 70.1 Å². The molecular weight excluding hydrogens is 404 g/mol. The van der Waals surface area contributed by atoms with Crippen LogP contribution in [0.3, 0.4) is 0 Å². The Bertz CT molecular complexity index is 820. The maximum atomic E-state index is 5.72. The van der Waals surface area contributed by atoms with Crippen molar-refractivity contribution in [3.8, 4) is 0 Å². The van der Waals surface area contributed by atoms with Gasteiger partial charge < -0.3 is 10.2 Å². The van der Waals surface area contributed by atoms with Crippen LogP contribution in [0.25, 0.3) is 0 Å².